The number of amides is 1. The summed E-state index contributed by atoms with van der Waals surface area (Å²) in [6.07, 6.45) is -7.20. The molecule has 1 fully saturated rings. The first-order valence-electron chi connectivity index (χ1n) is 6.31. The van der Waals surface area contributed by atoms with Crippen molar-refractivity contribution in [3.05, 3.63) is 34.4 Å². The van der Waals surface area contributed by atoms with Gasteiger partial charge in [0.15, 0.2) is 12.3 Å². The molecule has 1 amide bonds. The number of ether oxygens (including phenoxy) is 1. The number of hydrogen-bond donors (Lipinski definition) is 5. The van der Waals surface area contributed by atoms with Crippen molar-refractivity contribution in [2.24, 2.45) is 5.73 Å². The molecule has 1 aromatic carbocycles. The molecule has 0 saturated carbocycles. The SMILES string of the molecule is NC(=O)[C@@H](O)[C@H]1OC(Nc2ccc([N+](=O)[O-])cc2)[C@H](O)[C@H]1O. The van der Waals surface area contributed by atoms with Crippen LogP contribution in [0, 0.1) is 10.1 Å². The van der Waals surface area contributed by atoms with Crippen LogP contribution >= 0.6 is 0 Å². The Morgan fingerprint density at radius 1 is 1.32 bits per heavy atom. The van der Waals surface area contributed by atoms with Crippen molar-refractivity contribution >= 4 is 17.3 Å². The van der Waals surface area contributed by atoms with Gasteiger partial charge in [-0.05, 0) is 12.1 Å². The molecule has 120 valence electrons. The first kappa shape index (κ1) is 16.1. The van der Waals surface area contributed by atoms with E-state index < -0.39 is 41.5 Å². The van der Waals surface area contributed by atoms with Gasteiger partial charge in [-0.15, -0.1) is 0 Å². The lowest BCUT2D eigenvalue weighted by Gasteiger charge is -2.18. The molecule has 1 unspecified atom stereocenters. The molecule has 1 aromatic rings. The highest BCUT2D eigenvalue weighted by molar-refractivity contribution is 5.79. The van der Waals surface area contributed by atoms with Crippen LogP contribution in [0.4, 0.5) is 11.4 Å². The lowest BCUT2D eigenvalue weighted by atomic mass is 10.1. The van der Waals surface area contributed by atoms with Crippen LogP contribution < -0.4 is 11.1 Å². The van der Waals surface area contributed by atoms with Crippen LogP contribution in [-0.4, -0.2) is 56.8 Å². The number of carbonyl (C=O) groups excluding carboxylic acids is 1. The van der Waals surface area contributed by atoms with Crippen LogP contribution in [0.15, 0.2) is 24.3 Å². The van der Waals surface area contributed by atoms with Gasteiger partial charge in [0.2, 0.25) is 5.91 Å². The Morgan fingerprint density at radius 3 is 2.41 bits per heavy atom. The normalized spacial score (nSPS) is 29.0. The molecule has 1 aliphatic heterocycles. The summed E-state index contributed by atoms with van der Waals surface area (Å²) < 4.78 is 5.19. The Labute approximate surface area is 124 Å². The van der Waals surface area contributed by atoms with Gasteiger partial charge in [0.25, 0.3) is 5.69 Å². The summed E-state index contributed by atoms with van der Waals surface area (Å²) in [5.41, 5.74) is 5.20. The van der Waals surface area contributed by atoms with Gasteiger partial charge in [-0.25, -0.2) is 0 Å². The zero-order valence-electron chi connectivity index (χ0n) is 11.2. The predicted octanol–water partition coefficient (Wildman–Crippen LogP) is -1.70. The van der Waals surface area contributed by atoms with Crippen LogP contribution in [0.5, 0.6) is 0 Å². The summed E-state index contributed by atoms with van der Waals surface area (Å²) in [5, 5.41) is 42.4. The van der Waals surface area contributed by atoms with E-state index >= 15 is 0 Å². The van der Waals surface area contributed by atoms with Gasteiger partial charge >= 0.3 is 0 Å². The smallest absolute Gasteiger partial charge is 0.269 e. The molecule has 2 rings (SSSR count). The molecule has 0 aromatic heterocycles. The van der Waals surface area contributed by atoms with Crippen molar-refractivity contribution < 1.29 is 29.8 Å². The van der Waals surface area contributed by atoms with Gasteiger partial charge in [-0.2, -0.15) is 0 Å². The van der Waals surface area contributed by atoms with Gasteiger partial charge in [-0.3, -0.25) is 14.9 Å². The standard InChI is InChI=1S/C12H15N3O7/c13-11(19)9(18)10-7(16)8(17)12(22-10)14-5-1-3-6(4-2-5)15(20)21/h1-4,7-10,12,14,16-18H,(H2,13,19)/t7-,8-,9+,10+,12?/m1/s1. The molecular weight excluding hydrogens is 298 g/mol. The Bertz CT molecular complexity index is 564. The number of nitro groups is 1. The summed E-state index contributed by atoms with van der Waals surface area (Å²) in [6, 6.07) is 5.27. The molecule has 5 atom stereocenters. The first-order valence-corrected chi connectivity index (χ1v) is 6.31. The van der Waals surface area contributed by atoms with Crippen LogP contribution in [0.2, 0.25) is 0 Å². The summed E-state index contributed by atoms with van der Waals surface area (Å²) in [4.78, 5) is 20.9. The average molecular weight is 313 g/mol. The van der Waals surface area contributed by atoms with Crippen LogP contribution in [0.25, 0.3) is 0 Å². The second-order valence-corrected chi connectivity index (χ2v) is 4.80. The Kier molecular flexibility index (Phi) is 4.56. The highest BCUT2D eigenvalue weighted by atomic mass is 16.6. The minimum Gasteiger partial charge on any atom is -0.387 e. The van der Waals surface area contributed by atoms with E-state index in [2.05, 4.69) is 5.32 Å². The second-order valence-electron chi connectivity index (χ2n) is 4.80. The van der Waals surface area contributed by atoms with E-state index in [4.69, 9.17) is 10.5 Å². The Hall–Kier alpha value is -2.27. The number of anilines is 1. The van der Waals surface area contributed by atoms with Crippen molar-refractivity contribution in [2.45, 2.75) is 30.6 Å². The molecule has 0 bridgehead atoms. The van der Waals surface area contributed by atoms with Gasteiger partial charge in [-0.1, -0.05) is 0 Å². The van der Waals surface area contributed by atoms with Crippen molar-refractivity contribution in [2.75, 3.05) is 5.32 Å². The number of benzene rings is 1. The Balaban J connectivity index is 2.07. The third-order valence-corrected chi connectivity index (χ3v) is 3.29. The lowest BCUT2D eigenvalue weighted by molar-refractivity contribution is -0.384. The highest BCUT2D eigenvalue weighted by Gasteiger charge is 2.47. The zero-order chi connectivity index (χ0) is 16.4. The number of hydrogen-bond acceptors (Lipinski definition) is 8. The lowest BCUT2D eigenvalue weighted by Crippen LogP contribution is -2.45. The molecule has 1 saturated heterocycles. The number of aliphatic hydroxyl groups is 3. The molecule has 0 radical (unpaired) electrons. The summed E-state index contributed by atoms with van der Waals surface area (Å²) >= 11 is 0. The van der Waals surface area contributed by atoms with Gasteiger partial charge < -0.3 is 31.1 Å². The Morgan fingerprint density at radius 2 is 1.91 bits per heavy atom. The van der Waals surface area contributed by atoms with E-state index in [1.807, 2.05) is 0 Å². The monoisotopic (exact) mass is 313 g/mol. The molecule has 6 N–H and O–H groups in total. The van der Waals surface area contributed by atoms with E-state index in [-0.39, 0.29) is 5.69 Å². The van der Waals surface area contributed by atoms with Gasteiger partial charge in [0, 0.05) is 17.8 Å². The number of rotatable bonds is 5. The van der Waals surface area contributed by atoms with E-state index in [0.29, 0.717) is 5.69 Å². The maximum absolute atomic E-state index is 10.9. The van der Waals surface area contributed by atoms with E-state index in [1.54, 1.807) is 0 Å². The summed E-state index contributed by atoms with van der Waals surface area (Å²) in [5.74, 6) is -1.09. The molecular formula is C12H15N3O7. The molecule has 1 heterocycles. The predicted molar refractivity (Wildman–Crippen MR) is 72.6 cm³/mol. The average Bonchev–Trinajstić information content (AvgIpc) is 2.75. The molecule has 0 spiro atoms. The summed E-state index contributed by atoms with van der Waals surface area (Å²) in [7, 11) is 0. The number of nitrogens with two attached hydrogens (primary N) is 1. The third-order valence-electron chi connectivity index (χ3n) is 3.29. The van der Waals surface area contributed by atoms with Gasteiger partial charge in [0.05, 0.1) is 4.92 Å². The molecule has 1 aliphatic rings. The fraction of sp³-hybridized carbons (Fsp3) is 0.417. The second kappa shape index (κ2) is 6.23. The fourth-order valence-corrected chi connectivity index (χ4v) is 2.09. The van der Waals surface area contributed by atoms with Gasteiger partial charge in [0.1, 0.15) is 18.3 Å². The number of nitrogens with one attached hydrogen (secondary N) is 1. The quantitative estimate of drug-likeness (QED) is 0.316. The van der Waals surface area contributed by atoms with Crippen molar-refractivity contribution in [1.82, 2.24) is 0 Å². The number of carbonyl (C=O) groups is 1. The van der Waals surface area contributed by atoms with Crippen LogP contribution in [0.1, 0.15) is 0 Å². The van der Waals surface area contributed by atoms with Crippen LogP contribution in [-0.2, 0) is 9.53 Å². The largest absolute Gasteiger partial charge is 0.387 e. The molecule has 10 nitrogen and oxygen atoms in total. The van der Waals surface area contributed by atoms with Crippen molar-refractivity contribution in [3.63, 3.8) is 0 Å². The summed E-state index contributed by atoms with van der Waals surface area (Å²) in [6.45, 7) is 0. The van der Waals surface area contributed by atoms with E-state index in [0.717, 1.165) is 0 Å². The zero-order valence-corrected chi connectivity index (χ0v) is 11.2. The van der Waals surface area contributed by atoms with E-state index in [9.17, 15) is 30.2 Å². The maximum Gasteiger partial charge on any atom is 0.269 e. The fourth-order valence-electron chi connectivity index (χ4n) is 2.09. The minimum atomic E-state index is -1.77. The highest BCUT2D eigenvalue weighted by Crippen LogP contribution is 2.26. The molecule has 10 heteroatoms. The maximum atomic E-state index is 10.9. The first-order chi connectivity index (χ1) is 10.3. The number of primary amides is 1. The molecule has 0 aliphatic carbocycles. The van der Waals surface area contributed by atoms with Crippen molar-refractivity contribution in [3.8, 4) is 0 Å². The third kappa shape index (κ3) is 3.14. The molecule has 22 heavy (non-hydrogen) atoms. The van der Waals surface area contributed by atoms with Crippen LogP contribution in [0.3, 0.4) is 0 Å². The number of non-ortho nitro benzene ring substituents is 1. The van der Waals surface area contributed by atoms with E-state index in [1.165, 1.54) is 24.3 Å². The minimum absolute atomic E-state index is 0.111. The number of nitro benzene ring substituents is 1. The number of nitrogens with zero attached hydrogens (tertiary/aromatic N) is 1. The topological polar surface area (TPSA) is 168 Å². The number of aliphatic hydroxyl groups excluding tert-OH is 3. The van der Waals surface area contributed by atoms with Crippen molar-refractivity contribution in [1.29, 1.82) is 0 Å².